The number of nitrogens with one attached hydrogen (secondary N) is 2. The van der Waals surface area contributed by atoms with Gasteiger partial charge in [-0.15, -0.1) is 0 Å². The number of para-hydroxylation sites is 1. The van der Waals surface area contributed by atoms with Crippen molar-refractivity contribution in [1.82, 2.24) is 25.4 Å². The predicted octanol–water partition coefficient (Wildman–Crippen LogP) is 2.23. The molecule has 7 nitrogen and oxygen atoms in total. The topological polar surface area (TPSA) is 76.4 Å². The Bertz CT molecular complexity index is 770. The zero-order valence-corrected chi connectivity index (χ0v) is 16.5. The Balaban J connectivity index is 1.46. The van der Waals surface area contributed by atoms with Gasteiger partial charge in [0.15, 0.2) is 5.96 Å². The maximum Gasteiger partial charge on any atom is 0.191 e. The van der Waals surface area contributed by atoms with Crippen LogP contribution in [0.4, 0.5) is 0 Å². The molecule has 0 aliphatic carbocycles. The quantitative estimate of drug-likeness (QED) is 0.444. The molecule has 0 amide bonds. The van der Waals surface area contributed by atoms with Crippen molar-refractivity contribution in [2.45, 2.75) is 52.6 Å². The van der Waals surface area contributed by atoms with E-state index >= 15 is 0 Å². The number of aliphatic imine (C=N–C) groups is 1. The molecule has 3 rings (SSSR count). The molecule has 0 saturated carbocycles. The number of benzene rings is 1. The number of aromatic nitrogens is 3. The highest BCUT2D eigenvalue weighted by molar-refractivity contribution is 5.80. The molecular weight excluding hydrogens is 340 g/mol. The summed E-state index contributed by atoms with van der Waals surface area (Å²) in [6.07, 6.45) is 2.86. The van der Waals surface area contributed by atoms with Gasteiger partial charge in [-0.1, -0.05) is 18.2 Å². The number of hydrogen-bond acceptors (Lipinski definition) is 4. The molecule has 0 spiro atoms. The summed E-state index contributed by atoms with van der Waals surface area (Å²) in [4.78, 5) is 9.16. The van der Waals surface area contributed by atoms with E-state index in [1.54, 1.807) is 0 Å². The number of hydrogen-bond donors (Lipinski definition) is 2. The number of rotatable bonds is 7. The van der Waals surface area contributed by atoms with Gasteiger partial charge >= 0.3 is 0 Å². The van der Waals surface area contributed by atoms with Crippen LogP contribution in [0.15, 0.2) is 29.3 Å². The van der Waals surface area contributed by atoms with Gasteiger partial charge in [0, 0.05) is 32.0 Å². The fourth-order valence-corrected chi connectivity index (χ4v) is 3.22. The summed E-state index contributed by atoms with van der Waals surface area (Å²) in [6.45, 7) is 9.15. The minimum Gasteiger partial charge on any atom is -0.493 e. The van der Waals surface area contributed by atoms with Gasteiger partial charge in [0.1, 0.15) is 17.4 Å². The maximum absolute atomic E-state index is 5.84. The predicted molar refractivity (Wildman–Crippen MR) is 107 cm³/mol. The Labute approximate surface area is 161 Å². The lowest BCUT2D eigenvalue weighted by molar-refractivity contribution is 0.311. The lowest BCUT2D eigenvalue weighted by atomic mass is 10.1. The fourth-order valence-electron chi connectivity index (χ4n) is 3.22. The number of ether oxygens (including phenoxy) is 1. The zero-order chi connectivity index (χ0) is 19.1. The molecule has 146 valence electrons. The average molecular weight is 371 g/mol. The first-order valence-corrected chi connectivity index (χ1v) is 9.79. The van der Waals surface area contributed by atoms with Crippen LogP contribution in [-0.4, -0.2) is 46.5 Å². The van der Waals surface area contributed by atoms with E-state index < -0.39 is 0 Å². The maximum atomic E-state index is 5.84. The van der Waals surface area contributed by atoms with E-state index in [0.717, 1.165) is 67.8 Å². The SMILES string of the molecule is CCNC(=NCCCOc1ccccc1C)NC1CCc2nc(C)nn2C1. The van der Waals surface area contributed by atoms with Crippen molar-refractivity contribution in [3.05, 3.63) is 41.5 Å². The third kappa shape index (κ3) is 5.45. The van der Waals surface area contributed by atoms with Gasteiger partial charge in [-0.3, -0.25) is 4.99 Å². The van der Waals surface area contributed by atoms with E-state index in [1.165, 1.54) is 0 Å². The first kappa shape index (κ1) is 19.2. The summed E-state index contributed by atoms with van der Waals surface area (Å²) < 4.78 is 7.85. The second-order valence-corrected chi connectivity index (χ2v) is 6.87. The molecule has 1 atom stereocenters. The van der Waals surface area contributed by atoms with Crippen molar-refractivity contribution in [3.63, 3.8) is 0 Å². The lowest BCUT2D eigenvalue weighted by Gasteiger charge is -2.25. The number of aryl methyl sites for hydroxylation is 3. The molecule has 2 aromatic rings. The Morgan fingerprint density at radius 1 is 1.33 bits per heavy atom. The van der Waals surface area contributed by atoms with Crippen LogP contribution >= 0.6 is 0 Å². The van der Waals surface area contributed by atoms with Gasteiger partial charge < -0.3 is 15.4 Å². The van der Waals surface area contributed by atoms with Crippen molar-refractivity contribution in [1.29, 1.82) is 0 Å². The fraction of sp³-hybridized carbons (Fsp3) is 0.550. The highest BCUT2D eigenvalue weighted by Crippen LogP contribution is 2.16. The van der Waals surface area contributed by atoms with E-state index in [0.29, 0.717) is 12.6 Å². The number of fused-ring (bicyclic) bond motifs is 1. The molecule has 2 N–H and O–H groups in total. The second kappa shape index (κ2) is 9.39. The van der Waals surface area contributed by atoms with E-state index in [-0.39, 0.29) is 0 Å². The molecule has 0 fully saturated rings. The van der Waals surface area contributed by atoms with Crippen LogP contribution in [0.25, 0.3) is 0 Å². The van der Waals surface area contributed by atoms with Gasteiger partial charge in [0.25, 0.3) is 0 Å². The van der Waals surface area contributed by atoms with E-state index in [1.807, 2.05) is 29.8 Å². The van der Waals surface area contributed by atoms with E-state index in [2.05, 4.69) is 40.6 Å². The van der Waals surface area contributed by atoms with Gasteiger partial charge in [-0.2, -0.15) is 5.10 Å². The molecule has 1 aromatic carbocycles. The van der Waals surface area contributed by atoms with E-state index in [4.69, 9.17) is 9.73 Å². The summed E-state index contributed by atoms with van der Waals surface area (Å²) in [7, 11) is 0. The largest absolute Gasteiger partial charge is 0.493 e. The summed E-state index contributed by atoms with van der Waals surface area (Å²) in [6, 6.07) is 8.41. The highest BCUT2D eigenvalue weighted by Gasteiger charge is 2.21. The van der Waals surface area contributed by atoms with Crippen LogP contribution in [0.2, 0.25) is 0 Å². The van der Waals surface area contributed by atoms with Crippen molar-refractivity contribution in [2.24, 2.45) is 4.99 Å². The van der Waals surface area contributed by atoms with Crippen LogP contribution in [0.1, 0.15) is 37.0 Å². The Morgan fingerprint density at radius 3 is 3.00 bits per heavy atom. The van der Waals surface area contributed by atoms with Crippen molar-refractivity contribution in [2.75, 3.05) is 19.7 Å². The molecule has 1 unspecified atom stereocenters. The Kier molecular flexibility index (Phi) is 6.68. The molecular formula is C20H30N6O. The number of guanidine groups is 1. The molecule has 7 heteroatoms. The highest BCUT2D eigenvalue weighted by atomic mass is 16.5. The Hall–Kier alpha value is -2.57. The van der Waals surface area contributed by atoms with Gasteiger partial charge in [0.05, 0.1) is 13.2 Å². The third-order valence-corrected chi connectivity index (χ3v) is 4.57. The average Bonchev–Trinajstić information content (AvgIpc) is 3.02. The molecule has 0 bridgehead atoms. The molecule has 1 aliphatic rings. The zero-order valence-electron chi connectivity index (χ0n) is 16.5. The van der Waals surface area contributed by atoms with Crippen LogP contribution in [0, 0.1) is 13.8 Å². The van der Waals surface area contributed by atoms with Crippen molar-refractivity contribution >= 4 is 5.96 Å². The molecule has 1 aromatic heterocycles. The summed E-state index contributed by atoms with van der Waals surface area (Å²) in [5.41, 5.74) is 1.16. The normalized spacial score (nSPS) is 16.7. The molecule has 27 heavy (non-hydrogen) atoms. The first-order chi connectivity index (χ1) is 13.2. The van der Waals surface area contributed by atoms with Crippen LogP contribution < -0.4 is 15.4 Å². The lowest BCUT2D eigenvalue weighted by Crippen LogP contribution is -2.47. The van der Waals surface area contributed by atoms with Crippen LogP contribution in [-0.2, 0) is 13.0 Å². The van der Waals surface area contributed by atoms with Crippen molar-refractivity contribution < 1.29 is 4.74 Å². The van der Waals surface area contributed by atoms with Crippen LogP contribution in [0.3, 0.4) is 0 Å². The molecule has 2 heterocycles. The third-order valence-electron chi connectivity index (χ3n) is 4.57. The van der Waals surface area contributed by atoms with Crippen molar-refractivity contribution in [3.8, 4) is 5.75 Å². The van der Waals surface area contributed by atoms with Crippen LogP contribution in [0.5, 0.6) is 5.75 Å². The van der Waals surface area contributed by atoms with Gasteiger partial charge in [-0.05, 0) is 38.8 Å². The Morgan fingerprint density at radius 2 is 2.19 bits per heavy atom. The minimum absolute atomic E-state index is 0.319. The molecule has 0 saturated heterocycles. The minimum atomic E-state index is 0.319. The van der Waals surface area contributed by atoms with Gasteiger partial charge in [-0.25, -0.2) is 9.67 Å². The summed E-state index contributed by atoms with van der Waals surface area (Å²) in [5, 5.41) is 11.3. The standard InChI is InChI=1S/C20H30N6O/c1-4-21-20(22-12-7-13-27-18-9-6-5-8-15(18)2)24-17-10-11-19-23-16(3)25-26(19)14-17/h5-6,8-9,17H,4,7,10-14H2,1-3H3,(H2,21,22,24). The van der Waals surface area contributed by atoms with Gasteiger partial charge in [0.2, 0.25) is 0 Å². The monoisotopic (exact) mass is 370 g/mol. The summed E-state index contributed by atoms with van der Waals surface area (Å²) >= 11 is 0. The van der Waals surface area contributed by atoms with E-state index in [9.17, 15) is 0 Å². The number of nitrogens with zero attached hydrogens (tertiary/aromatic N) is 4. The smallest absolute Gasteiger partial charge is 0.191 e. The molecule has 1 aliphatic heterocycles. The summed E-state index contributed by atoms with van der Waals surface area (Å²) in [5.74, 6) is 3.74. The second-order valence-electron chi connectivity index (χ2n) is 6.87. The molecule has 0 radical (unpaired) electrons. The first-order valence-electron chi connectivity index (χ1n) is 9.79.